The molecule has 0 unspecified atom stereocenters. The summed E-state index contributed by atoms with van der Waals surface area (Å²) in [5.41, 5.74) is 3.14. The summed E-state index contributed by atoms with van der Waals surface area (Å²) in [7, 11) is 0. The van der Waals surface area contributed by atoms with E-state index in [1.54, 1.807) is 30.6 Å². The zero-order valence-electron chi connectivity index (χ0n) is 16.6. The number of aryl methyl sites for hydroxylation is 1. The molecule has 4 aromatic rings. The Kier molecular flexibility index (Phi) is 5.56. The lowest BCUT2D eigenvalue weighted by atomic mass is 10.2. The first-order chi connectivity index (χ1) is 14.6. The summed E-state index contributed by atoms with van der Waals surface area (Å²) in [6.45, 7) is 3.34. The van der Waals surface area contributed by atoms with Gasteiger partial charge in [-0.3, -0.25) is 19.3 Å². The first kappa shape index (κ1) is 19.4. The van der Waals surface area contributed by atoms with E-state index in [1.807, 2.05) is 12.1 Å². The van der Waals surface area contributed by atoms with Gasteiger partial charge in [0.1, 0.15) is 12.2 Å². The molecular formula is C22H22N6O2. The van der Waals surface area contributed by atoms with Crippen LogP contribution in [0.2, 0.25) is 0 Å². The van der Waals surface area contributed by atoms with Gasteiger partial charge in [-0.25, -0.2) is 0 Å². The summed E-state index contributed by atoms with van der Waals surface area (Å²) in [4.78, 5) is 28.4. The van der Waals surface area contributed by atoms with Gasteiger partial charge in [0.05, 0.1) is 11.9 Å². The molecule has 4 rings (SSSR count). The minimum Gasteiger partial charge on any atom is -0.353 e. The Labute approximate surface area is 173 Å². The maximum atomic E-state index is 12.3. The molecule has 30 heavy (non-hydrogen) atoms. The minimum atomic E-state index is -0.325. The van der Waals surface area contributed by atoms with Gasteiger partial charge in [0.2, 0.25) is 5.91 Å². The molecule has 0 saturated carbocycles. The summed E-state index contributed by atoms with van der Waals surface area (Å²) < 4.78 is 3.68. The highest BCUT2D eigenvalue weighted by Crippen LogP contribution is 2.18. The average Bonchev–Trinajstić information content (AvgIpc) is 3.32. The van der Waals surface area contributed by atoms with Crippen LogP contribution < -0.4 is 10.6 Å². The van der Waals surface area contributed by atoms with Gasteiger partial charge in [0, 0.05) is 36.7 Å². The van der Waals surface area contributed by atoms with Gasteiger partial charge in [-0.2, -0.15) is 5.10 Å². The molecule has 0 fully saturated rings. The number of aromatic nitrogens is 4. The van der Waals surface area contributed by atoms with Gasteiger partial charge in [-0.05, 0) is 36.6 Å². The lowest BCUT2D eigenvalue weighted by Gasteiger charge is -2.10. The zero-order valence-corrected chi connectivity index (χ0v) is 16.6. The molecule has 2 amide bonds. The molecule has 0 radical (unpaired) electrons. The number of hydrogen-bond donors (Lipinski definition) is 2. The van der Waals surface area contributed by atoms with Gasteiger partial charge < -0.3 is 15.2 Å². The minimum absolute atomic E-state index is 0.0743. The fourth-order valence-electron chi connectivity index (χ4n) is 3.36. The molecule has 0 saturated heterocycles. The lowest BCUT2D eigenvalue weighted by molar-refractivity contribution is -0.121. The van der Waals surface area contributed by atoms with E-state index in [-0.39, 0.29) is 18.4 Å². The van der Waals surface area contributed by atoms with Crippen molar-refractivity contribution in [1.82, 2.24) is 24.6 Å². The molecule has 2 N–H and O–H groups in total. The maximum Gasteiger partial charge on any atom is 0.274 e. The highest BCUT2D eigenvalue weighted by atomic mass is 16.2. The van der Waals surface area contributed by atoms with E-state index in [4.69, 9.17) is 0 Å². The SMILES string of the molecule is Cc1cc2ccccc2n1CCNC(=O)Cn1cc(NC(=O)c2ccccn2)cn1. The van der Waals surface area contributed by atoms with Crippen LogP contribution in [0.3, 0.4) is 0 Å². The van der Waals surface area contributed by atoms with E-state index in [0.29, 0.717) is 24.5 Å². The second-order valence-corrected chi connectivity index (χ2v) is 6.94. The Morgan fingerprint density at radius 2 is 1.93 bits per heavy atom. The molecule has 1 aromatic carbocycles. The molecule has 152 valence electrons. The number of carbonyl (C=O) groups is 2. The summed E-state index contributed by atoms with van der Waals surface area (Å²) in [6, 6.07) is 15.4. The number of fused-ring (bicyclic) bond motifs is 1. The third-order valence-electron chi connectivity index (χ3n) is 4.77. The van der Waals surface area contributed by atoms with Gasteiger partial charge in [-0.15, -0.1) is 0 Å². The van der Waals surface area contributed by atoms with Crippen molar-refractivity contribution in [2.45, 2.75) is 20.0 Å². The van der Waals surface area contributed by atoms with Gasteiger partial charge in [0.25, 0.3) is 5.91 Å². The molecule has 3 aromatic heterocycles. The number of rotatable bonds is 7. The maximum absolute atomic E-state index is 12.3. The molecule has 0 aliphatic carbocycles. The fourth-order valence-corrected chi connectivity index (χ4v) is 3.36. The standard InChI is InChI=1S/C22H22N6O2/c1-16-12-17-6-2-3-8-20(17)28(16)11-10-24-21(29)15-27-14-18(13-25-27)26-22(30)19-7-4-5-9-23-19/h2-9,12-14H,10-11,15H2,1H3,(H,24,29)(H,26,30). The Hall–Kier alpha value is -3.94. The zero-order chi connectivity index (χ0) is 20.9. The number of carbonyl (C=O) groups excluding carboxylic acids is 2. The van der Waals surface area contributed by atoms with Gasteiger partial charge in [0.15, 0.2) is 0 Å². The number of hydrogen-bond acceptors (Lipinski definition) is 4. The van der Waals surface area contributed by atoms with E-state index in [1.165, 1.54) is 16.3 Å². The number of para-hydroxylation sites is 1. The smallest absolute Gasteiger partial charge is 0.274 e. The van der Waals surface area contributed by atoms with E-state index in [2.05, 4.69) is 50.4 Å². The van der Waals surface area contributed by atoms with E-state index in [0.717, 1.165) is 11.2 Å². The number of nitrogens with zero attached hydrogens (tertiary/aromatic N) is 4. The third-order valence-corrected chi connectivity index (χ3v) is 4.77. The van der Waals surface area contributed by atoms with Crippen LogP contribution in [0.25, 0.3) is 10.9 Å². The first-order valence-electron chi connectivity index (χ1n) is 9.66. The van der Waals surface area contributed by atoms with Crippen LogP contribution in [0.4, 0.5) is 5.69 Å². The number of pyridine rings is 1. The Morgan fingerprint density at radius 3 is 2.77 bits per heavy atom. The normalized spacial score (nSPS) is 10.8. The quantitative estimate of drug-likeness (QED) is 0.497. The number of nitrogens with one attached hydrogen (secondary N) is 2. The monoisotopic (exact) mass is 402 g/mol. The Balaban J connectivity index is 1.28. The van der Waals surface area contributed by atoms with Crippen molar-refractivity contribution in [2.24, 2.45) is 0 Å². The van der Waals surface area contributed by atoms with Crippen molar-refractivity contribution in [3.05, 3.63) is 78.5 Å². The molecule has 8 heteroatoms. The summed E-state index contributed by atoms with van der Waals surface area (Å²) >= 11 is 0. The molecule has 8 nitrogen and oxygen atoms in total. The second kappa shape index (κ2) is 8.60. The van der Waals surface area contributed by atoms with Crippen LogP contribution in [0, 0.1) is 6.92 Å². The van der Waals surface area contributed by atoms with E-state index < -0.39 is 0 Å². The summed E-state index contributed by atoms with van der Waals surface area (Å²) in [6.07, 6.45) is 4.67. The molecule has 0 bridgehead atoms. The predicted octanol–water partition coefficient (Wildman–Crippen LogP) is 2.61. The Bertz CT molecular complexity index is 1180. The van der Waals surface area contributed by atoms with Crippen molar-refractivity contribution in [2.75, 3.05) is 11.9 Å². The number of anilines is 1. The number of benzene rings is 1. The van der Waals surface area contributed by atoms with Crippen molar-refractivity contribution in [1.29, 1.82) is 0 Å². The summed E-state index contributed by atoms with van der Waals surface area (Å²) in [5.74, 6) is -0.469. The average molecular weight is 402 g/mol. The molecule has 0 aliphatic rings. The van der Waals surface area contributed by atoms with Crippen LogP contribution in [-0.2, 0) is 17.9 Å². The third kappa shape index (κ3) is 4.38. The van der Waals surface area contributed by atoms with Gasteiger partial charge in [-0.1, -0.05) is 24.3 Å². The lowest BCUT2D eigenvalue weighted by Crippen LogP contribution is -2.30. The number of amides is 2. The van der Waals surface area contributed by atoms with Crippen LogP contribution in [0.15, 0.2) is 67.1 Å². The van der Waals surface area contributed by atoms with E-state index in [9.17, 15) is 9.59 Å². The van der Waals surface area contributed by atoms with Crippen LogP contribution in [0.5, 0.6) is 0 Å². The van der Waals surface area contributed by atoms with Crippen LogP contribution in [0.1, 0.15) is 16.2 Å². The Morgan fingerprint density at radius 1 is 1.10 bits per heavy atom. The van der Waals surface area contributed by atoms with E-state index >= 15 is 0 Å². The van der Waals surface area contributed by atoms with Crippen molar-refractivity contribution < 1.29 is 9.59 Å². The van der Waals surface area contributed by atoms with Crippen LogP contribution >= 0.6 is 0 Å². The van der Waals surface area contributed by atoms with Crippen molar-refractivity contribution >= 4 is 28.4 Å². The van der Waals surface area contributed by atoms with Crippen molar-refractivity contribution in [3.8, 4) is 0 Å². The molecule has 3 heterocycles. The highest BCUT2D eigenvalue weighted by Gasteiger charge is 2.10. The van der Waals surface area contributed by atoms with Gasteiger partial charge >= 0.3 is 0 Å². The fraction of sp³-hybridized carbons (Fsp3) is 0.182. The van der Waals surface area contributed by atoms with Crippen molar-refractivity contribution in [3.63, 3.8) is 0 Å². The highest BCUT2D eigenvalue weighted by molar-refractivity contribution is 6.02. The largest absolute Gasteiger partial charge is 0.353 e. The molecule has 0 spiro atoms. The second-order valence-electron chi connectivity index (χ2n) is 6.94. The summed E-state index contributed by atoms with van der Waals surface area (Å²) in [5, 5.41) is 11.0. The topological polar surface area (TPSA) is 93.8 Å². The van der Waals surface area contributed by atoms with Crippen LogP contribution in [-0.4, -0.2) is 37.7 Å². The first-order valence-corrected chi connectivity index (χ1v) is 9.66. The molecule has 0 aliphatic heterocycles. The molecular weight excluding hydrogens is 380 g/mol. The molecule has 0 atom stereocenters. The predicted molar refractivity (Wildman–Crippen MR) is 114 cm³/mol.